The number of benzene rings is 1. The predicted octanol–water partition coefficient (Wildman–Crippen LogP) is 3.35. The number of fused-ring (bicyclic) bond motifs is 1. The predicted molar refractivity (Wildman–Crippen MR) is 106 cm³/mol. The lowest BCUT2D eigenvalue weighted by Gasteiger charge is -2.11. The Morgan fingerprint density at radius 3 is 2.59 bits per heavy atom. The first-order chi connectivity index (χ1) is 13.1. The first-order valence-corrected chi connectivity index (χ1v) is 8.82. The Morgan fingerprint density at radius 2 is 1.85 bits per heavy atom. The molecule has 0 saturated heterocycles. The van der Waals surface area contributed by atoms with Gasteiger partial charge in [-0.25, -0.2) is 4.98 Å². The normalized spacial score (nSPS) is 10.4. The maximum atomic E-state index is 12.0. The Morgan fingerprint density at radius 1 is 1.11 bits per heavy atom. The molecule has 0 atom stereocenters. The van der Waals surface area contributed by atoms with Crippen molar-refractivity contribution in [3.8, 4) is 6.07 Å². The van der Waals surface area contributed by atoms with E-state index in [2.05, 4.69) is 32.7 Å². The Bertz CT molecular complexity index is 1010. The van der Waals surface area contributed by atoms with E-state index in [1.807, 2.05) is 26.0 Å². The number of rotatable bonds is 6. The van der Waals surface area contributed by atoms with E-state index in [9.17, 15) is 10.1 Å². The molecule has 0 fully saturated rings. The van der Waals surface area contributed by atoms with Crippen molar-refractivity contribution < 1.29 is 4.79 Å². The van der Waals surface area contributed by atoms with Crippen molar-refractivity contribution in [3.05, 3.63) is 65.0 Å². The van der Waals surface area contributed by atoms with E-state index in [0.29, 0.717) is 36.5 Å². The quantitative estimate of drug-likeness (QED) is 0.659. The van der Waals surface area contributed by atoms with E-state index in [-0.39, 0.29) is 5.91 Å². The third kappa shape index (κ3) is 4.39. The number of nitriles is 1. The van der Waals surface area contributed by atoms with E-state index >= 15 is 0 Å². The molecule has 6 nitrogen and oxygen atoms in total. The molecule has 0 aliphatic carbocycles. The molecular weight excluding hydrogens is 338 g/mol. The topological polar surface area (TPSA) is 90.7 Å². The van der Waals surface area contributed by atoms with E-state index < -0.39 is 0 Å². The minimum absolute atomic E-state index is 0.121. The van der Waals surface area contributed by atoms with Crippen LogP contribution >= 0.6 is 0 Å². The van der Waals surface area contributed by atoms with Crippen LogP contribution in [0.25, 0.3) is 10.9 Å². The zero-order chi connectivity index (χ0) is 19.2. The Labute approximate surface area is 158 Å². The monoisotopic (exact) mass is 359 g/mol. The second kappa shape index (κ2) is 8.28. The summed E-state index contributed by atoms with van der Waals surface area (Å²) in [6, 6.07) is 11.5. The molecule has 1 aromatic carbocycles. The van der Waals surface area contributed by atoms with Crippen molar-refractivity contribution in [3.63, 3.8) is 0 Å². The van der Waals surface area contributed by atoms with Crippen LogP contribution in [0.5, 0.6) is 0 Å². The summed E-state index contributed by atoms with van der Waals surface area (Å²) >= 11 is 0. The highest BCUT2D eigenvalue weighted by molar-refractivity contribution is 5.93. The molecule has 3 rings (SSSR count). The van der Waals surface area contributed by atoms with Crippen molar-refractivity contribution in [2.75, 3.05) is 18.4 Å². The van der Waals surface area contributed by atoms with E-state index in [1.165, 1.54) is 11.1 Å². The molecule has 2 N–H and O–H groups in total. The number of aromatic nitrogens is 2. The number of pyridine rings is 2. The molecule has 2 aromatic heterocycles. The molecule has 1 amide bonds. The van der Waals surface area contributed by atoms with Crippen molar-refractivity contribution in [1.82, 2.24) is 15.3 Å². The lowest BCUT2D eigenvalue weighted by Crippen LogP contribution is -2.25. The standard InChI is InChI=1S/C21H21N5O/c1-14-10-17-12-18(13-22)20(26-19(17)11-15(14)2)24-6-3-7-25-21(27)16-4-8-23-9-5-16/h4-5,8-12H,3,6-7H2,1-2H3,(H,24,26)(H,25,27). The number of hydrogen-bond acceptors (Lipinski definition) is 5. The van der Waals surface area contributed by atoms with Crippen LogP contribution in [0, 0.1) is 25.2 Å². The van der Waals surface area contributed by atoms with Crippen LogP contribution in [0.4, 0.5) is 5.82 Å². The first kappa shape index (κ1) is 18.3. The third-order valence-electron chi connectivity index (χ3n) is 4.42. The maximum absolute atomic E-state index is 12.0. The zero-order valence-corrected chi connectivity index (χ0v) is 15.4. The van der Waals surface area contributed by atoms with Gasteiger partial charge < -0.3 is 10.6 Å². The molecule has 0 bridgehead atoms. The highest BCUT2D eigenvalue weighted by atomic mass is 16.1. The van der Waals surface area contributed by atoms with Crippen molar-refractivity contribution in [1.29, 1.82) is 5.26 Å². The largest absolute Gasteiger partial charge is 0.369 e. The number of aryl methyl sites for hydroxylation is 2. The van der Waals surface area contributed by atoms with Crippen molar-refractivity contribution in [2.24, 2.45) is 0 Å². The van der Waals surface area contributed by atoms with Crippen LogP contribution in [0.15, 0.2) is 42.7 Å². The summed E-state index contributed by atoms with van der Waals surface area (Å²) in [5, 5.41) is 16.4. The van der Waals surface area contributed by atoms with Gasteiger partial charge >= 0.3 is 0 Å². The van der Waals surface area contributed by atoms with Crippen LogP contribution in [0.1, 0.15) is 33.5 Å². The number of nitrogens with one attached hydrogen (secondary N) is 2. The van der Waals surface area contributed by atoms with Gasteiger partial charge in [-0.1, -0.05) is 0 Å². The lowest BCUT2D eigenvalue weighted by atomic mass is 10.0. The van der Waals surface area contributed by atoms with Crippen LogP contribution in [-0.2, 0) is 0 Å². The van der Waals surface area contributed by atoms with Gasteiger partial charge in [0.15, 0.2) is 0 Å². The molecule has 27 heavy (non-hydrogen) atoms. The molecule has 0 saturated carbocycles. The fourth-order valence-electron chi connectivity index (χ4n) is 2.76. The molecule has 0 aliphatic heterocycles. The van der Waals surface area contributed by atoms with Crippen LogP contribution < -0.4 is 10.6 Å². The molecule has 0 aliphatic rings. The summed E-state index contributed by atoms with van der Waals surface area (Å²) in [6.07, 6.45) is 3.90. The second-order valence-electron chi connectivity index (χ2n) is 6.40. The lowest BCUT2D eigenvalue weighted by molar-refractivity contribution is 0.0953. The highest BCUT2D eigenvalue weighted by Gasteiger charge is 2.08. The number of hydrogen-bond donors (Lipinski definition) is 2. The third-order valence-corrected chi connectivity index (χ3v) is 4.42. The Balaban J connectivity index is 1.59. The van der Waals surface area contributed by atoms with Crippen LogP contribution in [0.2, 0.25) is 0 Å². The SMILES string of the molecule is Cc1cc2cc(C#N)c(NCCCNC(=O)c3ccncc3)nc2cc1C. The smallest absolute Gasteiger partial charge is 0.251 e. The molecule has 0 radical (unpaired) electrons. The number of amides is 1. The number of carbonyl (C=O) groups excluding carboxylic acids is 1. The summed E-state index contributed by atoms with van der Waals surface area (Å²) in [6.45, 7) is 5.23. The Kier molecular flexibility index (Phi) is 5.62. The van der Waals surface area contributed by atoms with E-state index in [0.717, 1.165) is 10.9 Å². The van der Waals surface area contributed by atoms with Crippen LogP contribution in [-0.4, -0.2) is 29.0 Å². The summed E-state index contributed by atoms with van der Waals surface area (Å²) in [4.78, 5) is 20.5. The minimum atomic E-state index is -0.121. The average molecular weight is 359 g/mol. The number of carbonyl (C=O) groups is 1. The fraction of sp³-hybridized carbons (Fsp3) is 0.238. The van der Waals surface area contributed by atoms with Gasteiger partial charge in [-0.05, 0) is 61.7 Å². The molecule has 2 heterocycles. The summed E-state index contributed by atoms with van der Waals surface area (Å²) in [5.74, 6) is 0.457. The summed E-state index contributed by atoms with van der Waals surface area (Å²) in [7, 11) is 0. The van der Waals surface area contributed by atoms with Crippen molar-refractivity contribution >= 4 is 22.6 Å². The average Bonchev–Trinajstić information content (AvgIpc) is 2.69. The molecule has 0 spiro atoms. The van der Waals surface area contributed by atoms with Gasteiger partial charge in [0.25, 0.3) is 5.91 Å². The molecule has 136 valence electrons. The number of nitrogens with zero attached hydrogens (tertiary/aromatic N) is 3. The van der Waals surface area contributed by atoms with Gasteiger partial charge in [0.2, 0.25) is 0 Å². The highest BCUT2D eigenvalue weighted by Crippen LogP contribution is 2.23. The Hall–Kier alpha value is -3.46. The second-order valence-corrected chi connectivity index (χ2v) is 6.40. The van der Waals surface area contributed by atoms with Crippen molar-refractivity contribution in [2.45, 2.75) is 20.3 Å². The first-order valence-electron chi connectivity index (χ1n) is 8.82. The summed E-state index contributed by atoms with van der Waals surface area (Å²) < 4.78 is 0. The zero-order valence-electron chi connectivity index (χ0n) is 15.4. The molecule has 3 aromatic rings. The minimum Gasteiger partial charge on any atom is -0.369 e. The van der Waals surface area contributed by atoms with Gasteiger partial charge in [0, 0.05) is 36.4 Å². The molecular formula is C21H21N5O. The van der Waals surface area contributed by atoms with E-state index in [1.54, 1.807) is 24.5 Å². The molecule has 0 unspecified atom stereocenters. The van der Waals surface area contributed by atoms with Gasteiger partial charge in [0.05, 0.1) is 11.1 Å². The fourth-order valence-corrected chi connectivity index (χ4v) is 2.76. The number of anilines is 1. The van der Waals surface area contributed by atoms with E-state index in [4.69, 9.17) is 0 Å². The van der Waals surface area contributed by atoms with Gasteiger partial charge in [-0.2, -0.15) is 5.26 Å². The summed E-state index contributed by atoms with van der Waals surface area (Å²) in [5.41, 5.74) is 4.33. The van der Waals surface area contributed by atoms with Crippen LogP contribution in [0.3, 0.4) is 0 Å². The molecule has 6 heteroatoms. The van der Waals surface area contributed by atoms with Gasteiger partial charge in [-0.15, -0.1) is 0 Å². The van der Waals surface area contributed by atoms with Gasteiger partial charge in [-0.3, -0.25) is 9.78 Å². The van der Waals surface area contributed by atoms with Gasteiger partial charge in [0.1, 0.15) is 11.9 Å². The maximum Gasteiger partial charge on any atom is 0.251 e.